The summed E-state index contributed by atoms with van der Waals surface area (Å²) in [5, 5.41) is 10.1. The van der Waals surface area contributed by atoms with Gasteiger partial charge in [-0.1, -0.05) is 17.7 Å². The lowest BCUT2D eigenvalue weighted by Gasteiger charge is -2.35. The molecular weight excluding hydrogens is 498 g/mol. The molecule has 11 heteroatoms. The normalized spacial score (nSPS) is 16.2. The molecular formula is C26H28ClN5O5. The van der Waals surface area contributed by atoms with Crippen molar-refractivity contribution in [2.24, 2.45) is 0 Å². The highest BCUT2D eigenvalue weighted by Crippen LogP contribution is 2.34. The summed E-state index contributed by atoms with van der Waals surface area (Å²) in [7, 11) is 0. The molecule has 0 saturated carbocycles. The first kappa shape index (κ1) is 25.0. The fourth-order valence-electron chi connectivity index (χ4n) is 4.89. The number of aromatic nitrogens is 3. The van der Waals surface area contributed by atoms with Gasteiger partial charge in [-0.05, 0) is 51.3 Å². The van der Waals surface area contributed by atoms with Gasteiger partial charge in [0.1, 0.15) is 16.8 Å². The van der Waals surface area contributed by atoms with Crippen LogP contribution in [0.15, 0.2) is 35.4 Å². The van der Waals surface area contributed by atoms with Gasteiger partial charge in [-0.25, -0.2) is 14.6 Å². The summed E-state index contributed by atoms with van der Waals surface area (Å²) in [6.07, 6.45) is 3.83. The van der Waals surface area contributed by atoms with Gasteiger partial charge in [0.15, 0.2) is 5.82 Å². The van der Waals surface area contributed by atoms with E-state index in [0.29, 0.717) is 50.5 Å². The van der Waals surface area contributed by atoms with E-state index in [1.807, 2.05) is 37.8 Å². The van der Waals surface area contributed by atoms with Crippen LogP contribution in [0.3, 0.4) is 0 Å². The highest BCUT2D eigenvalue weighted by Gasteiger charge is 2.30. The number of piperidine rings is 1. The zero-order chi connectivity index (χ0) is 26.5. The molecule has 3 aromatic rings. The molecule has 1 N–H and O–H groups in total. The van der Waals surface area contributed by atoms with E-state index >= 15 is 0 Å². The first-order valence-electron chi connectivity index (χ1n) is 12.2. The summed E-state index contributed by atoms with van der Waals surface area (Å²) in [6.45, 7) is 7.43. The van der Waals surface area contributed by atoms with Crippen molar-refractivity contribution in [1.29, 1.82) is 0 Å². The number of carboxylic acids is 1. The minimum atomic E-state index is -1.31. The van der Waals surface area contributed by atoms with Crippen LogP contribution in [-0.4, -0.2) is 55.3 Å². The number of ether oxygens (including phenoxy) is 1. The lowest BCUT2D eigenvalue weighted by molar-refractivity contribution is 0.0189. The highest BCUT2D eigenvalue weighted by molar-refractivity contribution is 6.33. The molecule has 37 heavy (non-hydrogen) atoms. The van der Waals surface area contributed by atoms with Crippen LogP contribution in [0, 0.1) is 0 Å². The predicted octanol–water partition coefficient (Wildman–Crippen LogP) is 4.24. The summed E-state index contributed by atoms with van der Waals surface area (Å²) in [6, 6.07) is 5.23. The minimum Gasteiger partial charge on any atom is -0.477 e. The smallest absolute Gasteiger partial charge is 0.410 e. The Bertz CT molecular complexity index is 1430. The number of rotatable bonds is 3. The lowest BCUT2D eigenvalue weighted by atomic mass is 10.0. The SMILES string of the molecule is CC(C)(C)OC(=O)N1CCC(n2cc(C(=O)O)c(=O)c3cc(Cl)c(N4Cc5cccnc5C4)nc32)CC1. The molecule has 0 unspecified atom stereocenters. The molecule has 5 heterocycles. The molecule has 0 aliphatic carbocycles. The molecule has 1 fully saturated rings. The van der Waals surface area contributed by atoms with E-state index < -0.39 is 17.0 Å². The van der Waals surface area contributed by atoms with Crippen LogP contribution in [0.1, 0.15) is 61.3 Å². The van der Waals surface area contributed by atoms with E-state index in [9.17, 15) is 19.5 Å². The van der Waals surface area contributed by atoms with Gasteiger partial charge in [0.25, 0.3) is 0 Å². The molecule has 2 aliphatic heterocycles. The summed E-state index contributed by atoms with van der Waals surface area (Å²) >= 11 is 6.60. The molecule has 0 radical (unpaired) electrons. The van der Waals surface area contributed by atoms with Crippen LogP contribution >= 0.6 is 11.6 Å². The van der Waals surface area contributed by atoms with Gasteiger partial charge in [-0.2, -0.15) is 0 Å². The maximum Gasteiger partial charge on any atom is 0.410 e. The number of likely N-dealkylation sites (tertiary alicyclic amines) is 1. The van der Waals surface area contributed by atoms with Crippen molar-refractivity contribution in [3.63, 3.8) is 0 Å². The number of fused-ring (bicyclic) bond motifs is 2. The molecule has 0 atom stereocenters. The van der Waals surface area contributed by atoms with Crippen LogP contribution in [0.5, 0.6) is 0 Å². The number of carboxylic acid groups (broad SMARTS) is 1. The third kappa shape index (κ3) is 4.85. The van der Waals surface area contributed by atoms with Crippen LogP contribution < -0.4 is 10.3 Å². The summed E-state index contributed by atoms with van der Waals surface area (Å²) in [5.41, 5.74) is 0.822. The van der Waals surface area contributed by atoms with Crippen LogP contribution in [0.4, 0.5) is 10.6 Å². The summed E-state index contributed by atoms with van der Waals surface area (Å²) in [4.78, 5) is 50.4. The number of hydrogen-bond acceptors (Lipinski definition) is 7. The van der Waals surface area contributed by atoms with Crippen LogP contribution in [0.2, 0.25) is 5.02 Å². The standard InChI is InChI=1S/C26H28ClN5O5/c1-26(2,3)37-25(36)30-9-6-16(7-10-30)32-13-18(24(34)35)21(33)17-11-19(27)23(29-22(17)32)31-12-15-5-4-8-28-20(15)14-31/h4-5,8,11,13,16H,6-7,9-10,12,14H2,1-3H3,(H,34,35). The van der Waals surface area contributed by atoms with E-state index in [4.69, 9.17) is 21.3 Å². The van der Waals surface area contributed by atoms with Crippen molar-refractivity contribution in [3.8, 4) is 0 Å². The van der Waals surface area contributed by atoms with Crippen LogP contribution in [0.25, 0.3) is 11.0 Å². The number of halogens is 1. The Morgan fingerprint density at radius 2 is 1.92 bits per heavy atom. The Hall–Kier alpha value is -3.66. The van der Waals surface area contributed by atoms with Gasteiger partial charge in [0, 0.05) is 38.1 Å². The van der Waals surface area contributed by atoms with Crippen molar-refractivity contribution < 1.29 is 19.4 Å². The fraction of sp³-hybridized carbons (Fsp3) is 0.423. The van der Waals surface area contributed by atoms with Gasteiger partial charge < -0.3 is 24.2 Å². The lowest BCUT2D eigenvalue weighted by Crippen LogP contribution is -2.42. The van der Waals surface area contributed by atoms with E-state index in [-0.39, 0.29) is 28.1 Å². The van der Waals surface area contributed by atoms with Crippen molar-refractivity contribution >= 4 is 40.5 Å². The van der Waals surface area contributed by atoms with Crippen molar-refractivity contribution in [3.05, 3.63) is 62.7 Å². The molecule has 194 valence electrons. The molecule has 0 bridgehead atoms. The second kappa shape index (κ2) is 9.33. The van der Waals surface area contributed by atoms with Crippen LogP contribution in [-0.2, 0) is 17.8 Å². The maximum atomic E-state index is 13.1. The number of carbonyl (C=O) groups is 2. The maximum absolute atomic E-state index is 13.1. The third-order valence-electron chi connectivity index (χ3n) is 6.67. The number of anilines is 1. The fourth-order valence-corrected chi connectivity index (χ4v) is 5.16. The van der Waals surface area contributed by atoms with Crippen molar-refractivity contribution in [2.45, 2.75) is 58.3 Å². The van der Waals surface area contributed by atoms with Gasteiger partial charge in [-0.3, -0.25) is 9.78 Å². The molecule has 1 saturated heterocycles. The number of hydrogen-bond donors (Lipinski definition) is 1. The molecule has 5 rings (SSSR count). The summed E-state index contributed by atoms with van der Waals surface area (Å²) in [5.74, 6) is -0.803. The Morgan fingerprint density at radius 1 is 1.19 bits per heavy atom. The number of carbonyl (C=O) groups excluding carboxylic acids is 1. The van der Waals surface area contributed by atoms with Crippen molar-refractivity contribution in [2.75, 3.05) is 18.0 Å². The van der Waals surface area contributed by atoms with Gasteiger partial charge >= 0.3 is 12.1 Å². The first-order valence-corrected chi connectivity index (χ1v) is 12.5. The quantitative estimate of drug-likeness (QED) is 0.539. The zero-order valence-corrected chi connectivity index (χ0v) is 21.7. The minimum absolute atomic E-state index is 0.151. The summed E-state index contributed by atoms with van der Waals surface area (Å²) < 4.78 is 7.25. The van der Waals surface area contributed by atoms with E-state index in [0.717, 1.165) is 11.3 Å². The second-order valence-electron chi connectivity index (χ2n) is 10.4. The topological polar surface area (TPSA) is 118 Å². The number of nitrogens with zero attached hydrogens (tertiary/aromatic N) is 5. The second-order valence-corrected chi connectivity index (χ2v) is 10.8. The average molecular weight is 526 g/mol. The highest BCUT2D eigenvalue weighted by atomic mass is 35.5. The number of aromatic carboxylic acids is 1. The largest absolute Gasteiger partial charge is 0.477 e. The Labute approximate surface area is 218 Å². The first-order chi connectivity index (χ1) is 17.5. The van der Waals surface area contributed by atoms with E-state index in [2.05, 4.69) is 4.98 Å². The number of pyridine rings is 3. The molecule has 0 aromatic carbocycles. The van der Waals surface area contributed by atoms with E-state index in [1.165, 1.54) is 12.3 Å². The van der Waals surface area contributed by atoms with Gasteiger partial charge in [0.05, 0.1) is 22.6 Å². The molecule has 0 spiro atoms. The average Bonchev–Trinajstić information content (AvgIpc) is 3.27. The Balaban J connectivity index is 1.51. The molecule has 10 nitrogen and oxygen atoms in total. The zero-order valence-electron chi connectivity index (χ0n) is 20.9. The predicted molar refractivity (Wildman–Crippen MR) is 138 cm³/mol. The molecule has 3 aromatic heterocycles. The Kier molecular flexibility index (Phi) is 6.31. The molecule has 1 amide bonds. The number of amides is 1. The van der Waals surface area contributed by atoms with E-state index in [1.54, 1.807) is 15.7 Å². The monoisotopic (exact) mass is 525 g/mol. The van der Waals surface area contributed by atoms with Gasteiger partial charge in [-0.15, -0.1) is 0 Å². The Morgan fingerprint density at radius 3 is 2.57 bits per heavy atom. The molecule has 2 aliphatic rings. The van der Waals surface area contributed by atoms with Crippen molar-refractivity contribution in [1.82, 2.24) is 19.4 Å². The van der Waals surface area contributed by atoms with Gasteiger partial charge in [0.2, 0.25) is 5.43 Å². The third-order valence-corrected chi connectivity index (χ3v) is 6.94.